The van der Waals surface area contributed by atoms with Gasteiger partial charge in [-0.3, -0.25) is 4.99 Å². The van der Waals surface area contributed by atoms with E-state index in [1.54, 1.807) is 7.11 Å². The highest BCUT2D eigenvalue weighted by Gasteiger charge is 2.21. The molecule has 1 rings (SSSR count). The summed E-state index contributed by atoms with van der Waals surface area (Å²) in [5.74, 6) is 0.959. The van der Waals surface area contributed by atoms with Crippen molar-refractivity contribution in [3.05, 3.63) is 0 Å². The van der Waals surface area contributed by atoms with Crippen LogP contribution >= 0.6 is 0 Å². The predicted octanol–water partition coefficient (Wildman–Crippen LogP) is 1.86. The van der Waals surface area contributed by atoms with Crippen molar-refractivity contribution in [2.45, 2.75) is 58.5 Å². The normalized spacial score (nSPS) is 17.5. The number of nitrogens with one attached hydrogen (secondary N) is 2. The minimum Gasteiger partial charge on any atom is -0.382 e. The Hall–Kier alpha value is -0.850. The topological polar surface area (TPSA) is 58.1 Å². The van der Waals surface area contributed by atoms with Gasteiger partial charge in [0.05, 0.1) is 13.2 Å². The molecule has 0 bridgehead atoms. The van der Waals surface area contributed by atoms with Crippen molar-refractivity contribution < 1.29 is 9.47 Å². The van der Waals surface area contributed by atoms with Gasteiger partial charge in [0.2, 0.25) is 0 Å². The average Bonchev–Trinajstić information content (AvgIpc) is 2.58. The number of nitrogens with zero attached hydrogens (tertiary/aromatic N) is 2. The number of ether oxygens (including phenoxy) is 2. The first-order valence-corrected chi connectivity index (χ1v) is 9.53. The summed E-state index contributed by atoms with van der Waals surface area (Å²) in [6, 6.07) is 1.19. The molecule has 0 unspecified atom stereocenters. The number of hydrogen-bond donors (Lipinski definition) is 2. The first-order valence-electron chi connectivity index (χ1n) is 9.53. The molecule has 0 spiro atoms. The van der Waals surface area contributed by atoms with Gasteiger partial charge in [-0.2, -0.15) is 0 Å². The first kappa shape index (κ1) is 21.2. The summed E-state index contributed by atoms with van der Waals surface area (Å²) >= 11 is 0. The van der Waals surface area contributed by atoms with Gasteiger partial charge in [-0.05, 0) is 46.5 Å². The van der Waals surface area contributed by atoms with E-state index in [-0.39, 0.29) is 0 Å². The maximum atomic E-state index is 5.47. The van der Waals surface area contributed by atoms with Crippen molar-refractivity contribution in [3.8, 4) is 0 Å². The molecule has 0 aromatic carbocycles. The Labute approximate surface area is 148 Å². The molecule has 0 aliphatic carbocycles. The van der Waals surface area contributed by atoms with E-state index in [4.69, 9.17) is 14.5 Å². The Morgan fingerprint density at radius 1 is 1.17 bits per heavy atom. The van der Waals surface area contributed by atoms with Gasteiger partial charge < -0.3 is 25.0 Å². The zero-order valence-electron chi connectivity index (χ0n) is 16.1. The van der Waals surface area contributed by atoms with Gasteiger partial charge in [0.25, 0.3) is 0 Å². The van der Waals surface area contributed by atoms with Gasteiger partial charge in [-0.25, -0.2) is 0 Å². The molecule has 0 atom stereocenters. The molecule has 1 aliphatic heterocycles. The van der Waals surface area contributed by atoms with Crippen LogP contribution in [0.15, 0.2) is 4.99 Å². The lowest BCUT2D eigenvalue weighted by atomic mass is 10.0. The van der Waals surface area contributed by atoms with E-state index >= 15 is 0 Å². The van der Waals surface area contributed by atoms with Crippen LogP contribution in [0.4, 0.5) is 0 Å². The standard InChI is InChI=1S/C18H38N4O2/c1-5-19-18(20-10-6-7-13-24-15-14-23-4)21-17-8-11-22(12-9-17)16(2)3/h16-17H,5-15H2,1-4H3,(H2,19,20,21). The van der Waals surface area contributed by atoms with Crippen LogP contribution in [0.1, 0.15) is 46.5 Å². The van der Waals surface area contributed by atoms with Crippen LogP contribution in [0.25, 0.3) is 0 Å². The van der Waals surface area contributed by atoms with Crippen LogP contribution in [0, 0.1) is 0 Å². The summed E-state index contributed by atoms with van der Waals surface area (Å²) in [7, 11) is 1.69. The van der Waals surface area contributed by atoms with Crippen molar-refractivity contribution in [1.29, 1.82) is 0 Å². The Balaban J connectivity index is 2.20. The van der Waals surface area contributed by atoms with E-state index in [0.29, 0.717) is 25.3 Å². The van der Waals surface area contributed by atoms with E-state index < -0.39 is 0 Å². The van der Waals surface area contributed by atoms with Gasteiger partial charge in [0.15, 0.2) is 5.96 Å². The number of piperidine rings is 1. The fourth-order valence-electron chi connectivity index (χ4n) is 2.82. The third kappa shape index (κ3) is 9.45. The molecule has 24 heavy (non-hydrogen) atoms. The van der Waals surface area contributed by atoms with Crippen molar-refractivity contribution in [3.63, 3.8) is 0 Å². The summed E-state index contributed by atoms with van der Waals surface area (Å²) in [6.07, 6.45) is 4.47. The molecule has 0 amide bonds. The van der Waals surface area contributed by atoms with Gasteiger partial charge in [0.1, 0.15) is 0 Å². The van der Waals surface area contributed by atoms with Crippen LogP contribution in [0.2, 0.25) is 0 Å². The molecule has 0 radical (unpaired) electrons. The van der Waals surface area contributed by atoms with Crippen molar-refractivity contribution in [1.82, 2.24) is 15.5 Å². The highest BCUT2D eigenvalue weighted by molar-refractivity contribution is 5.80. The van der Waals surface area contributed by atoms with E-state index in [9.17, 15) is 0 Å². The van der Waals surface area contributed by atoms with Gasteiger partial charge in [-0.15, -0.1) is 0 Å². The second kappa shape index (κ2) is 13.4. The summed E-state index contributed by atoms with van der Waals surface area (Å²) < 4.78 is 10.4. The third-order valence-corrected chi connectivity index (χ3v) is 4.34. The minimum atomic E-state index is 0.537. The van der Waals surface area contributed by atoms with Crippen LogP contribution in [-0.2, 0) is 9.47 Å². The summed E-state index contributed by atoms with van der Waals surface area (Å²) in [5, 5.41) is 6.96. The van der Waals surface area contributed by atoms with Crippen molar-refractivity contribution in [2.24, 2.45) is 4.99 Å². The molecule has 6 nitrogen and oxygen atoms in total. The number of likely N-dealkylation sites (tertiary alicyclic amines) is 1. The average molecular weight is 343 g/mol. The Kier molecular flexibility index (Phi) is 11.9. The number of methoxy groups -OCH3 is 1. The molecule has 1 saturated heterocycles. The molecule has 1 fully saturated rings. The predicted molar refractivity (Wildman–Crippen MR) is 101 cm³/mol. The summed E-state index contributed by atoms with van der Waals surface area (Å²) in [6.45, 7) is 12.9. The van der Waals surface area contributed by atoms with E-state index in [1.807, 2.05) is 0 Å². The second-order valence-corrected chi connectivity index (χ2v) is 6.62. The van der Waals surface area contributed by atoms with Crippen LogP contribution < -0.4 is 10.6 Å². The van der Waals surface area contributed by atoms with Crippen LogP contribution in [0.5, 0.6) is 0 Å². The highest BCUT2D eigenvalue weighted by atomic mass is 16.5. The monoisotopic (exact) mass is 342 g/mol. The molecule has 142 valence electrons. The smallest absolute Gasteiger partial charge is 0.191 e. The zero-order chi connectivity index (χ0) is 17.6. The first-order chi connectivity index (χ1) is 11.7. The number of rotatable bonds is 11. The molecular weight excluding hydrogens is 304 g/mol. The highest BCUT2D eigenvalue weighted by Crippen LogP contribution is 2.12. The van der Waals surface area contributed by atoms with Gasteiger partial charge in [-0.1, -0.05) is 0 Å². The molecule has 6 heteroatoms. The molecule has 2 N–H and O–H groups in total. The van der Waals surface area contributed by atoms with Crippen molar-refractivity contribution >= 4 is 5.96 Å². The molecule has 0 aromatic heterocycles. The zero-order valence-corrected chi connectivity index (χ0v) is 16.1. The minimum absolute atomic E-state index is 0.537. The van der Waals surface area contributed by atoms with Gasteiger partial charge in [0, 0.05) is 52.0 Å². The second-order valence-electron chi connectivity index (χ2n) is 6.62. The quantitative estimate of drug-likeness (QED) is 0.341. The summed E-state index contributed by atoms with van der Waals surface area (Å²) in [5.41, 5.74) is 0. The number of aliphatic imine (C=N–C) groups is 1. The molecule has 0 aromatic rings. The number of guanidine groups is 1. The van der Waals surface area contributed by atoms with Crippen LogP contribution in [-0.4, -0.2) is 76.1 Å². The van der Waals surface area contributed by atoms with Crippen LogP contribution in [0.3, 0.4) is 0 Å². The maximum absolute atomic E-state index is 5.47. The van der Waals surface area contributed by atoms with E-state index in [2.05, 4.69) is 36.3 Å². The SMILES string of the molecule is CCNC(=NCCCCOCCOC)NC1CCN(C(C)C)CC1. The van der Waals surface area contributed by atoms with Gasteiger partial charge >= 0.3 is 0 Å². The number of hydrogen-bond acceptors (Lipinski definition) is 4. The fraction of sp³-hybridized carbons (Fsp3) is 0.944. The Morgan fingerprint density at radius 3 is 2.54 bits per heavy atom. The largest absolute Gasteiger partial charge is 0.382 e. The third-order valence-electron chi connectivity index (χ3n) is 4.34. The molecular formula is C18H38N4O2. The summed E-state index contributed by atoms with van der Waals surface area (Å²) in [4.78, 5) is 7.24. The molecule has 1 aliphatic rings. The lowest BCUT2D eigenvalue weighted by molar-refractivity contribution is 0.0690. The van der Waals surface area contributed by atoms with E-state index in [0.717, 1.165) is 38.5 Å². The fourth-order valence-corrected chi connectivity index (χ4v) is 2.82. The molecule has 0 saturated carbocycles. The van der Waals surface area contributed by atoms with Crippen molar-refractivity contribution in [2.75, 3.05) is 53.1 Å². The molecule has 1 heterocycles. The maximum Gasteiger partial charge on any atom is 0.191 e. The van der Waals surface area contributed by atoms with E-state index in [1.165, 1.54) is 25.9 Å². The lowest BCUT2D eigenvalue weighted by Crippen LogP contribution is -2.49. The Morgan fingerprint density at radius 2 is 1.92 bits per heavy atom. The number of unbranched alkanes of at least 4 members (excludes halogenated alkanes) is 1. The Bertz CT molecular complexity index is 329. The lowest BCUT2D eigenvalue weighted by Gasteiger charge is -2.35.